The van der Waals surface area contributed by atoms with E-state index in [0.29, 0.717) is 11.3 Å². The molecule has 0 aliphatic rings. The summed E-state index contributed by atoms with van der Waals surface area (Å²) in [5.41, 5.74) is 11.7. The fraction of sp³-hybridized carbons (Fsp3) is 0.417. The summed E-state index contributed by atoms with van der Waals surface area (Å²) in [5.74, 6) is -0.974. The molecule has 6 heteroatoms. The molecule has 98 valence electrons. The number of primary amides is 1. The van der Waals surface area contributed by atoms with Gasteiger partial charge in [-0.15, -0.1) is 0 Å². The zero-order valence-corrected chi connectivity index (χ0v) is 10.5. The minimum atomic E-state index is -0.688. The summed E-state index contributed by atoms with van der Waals surface area (Å²) in [5, 5.41) is 2.60. The van der Waals surface area contributed by atoms with E-state index in [1.807, 2.05) is 13.8 Å². The Morgan fingerprint density at radius 2 is 2.11 bits per heavy atom. The normalized spacial score (nSPS) is 12.2. The molecule has 0 spiro atoms. The molecule has 0 aliphatic heterocycles. The number of rotatable bonds is 5. The number of amides is 2. The van der Waals surface area contributed by atoms with Crippen LogP contribution in [0.3, 0.4) is 0 Å². The molecule has 0 saturated carbocycles. The Morgan fingerprint density at radius 3 is 2.61 bits per heavy atom. The number of aromatic nitrogens is 1. The first-order valence-corrected chi connectivity index (χ1v) is 5.71. The number of carbonyl (C=O) groups is 2. The highest BCUT2D eigenvalue weighted by Crippen LogP contribution is 2.05. The Kier molecular flexibility index (Phi) is 4.79. The molecule has 0 aliphatic carbocycles. The average molecular weight is 250 g/mol. The van der Waals surface area contributed by atoms with Gasteiger partial charge < -0.3 is 16.8 Å². The molecule has 5 N–H and O–H groups in total. The van der Waals surface area contributed by atoms with E-state index in [0.717, 1.165) is 0 Å². The molecule has 0 saturated heterocycles. The van der Waals surface area contributed by atoms with Crippen LogP contribution in [0.15, 0.2) is 18.3 Å². The SMILES string of the molecule is CC(C)C(NC(=O)c1ccnc(CN)c1)C(N)=O. The fourth-order valence-electron chi connectivity index (χ4n) is 1.52. The molecule has 2 amide bonds. The summed E-state index contributed by atoms with van der Waals surface area (Å²) < 4.78 is 0. The largest absolute Gasteiger partial charge is 0.368 e. The maximum atomic E-state index is 11.9. The first-order valence-electron chi connectivity index (χ1n) is 5.71. The van der Waals surface area contributed by atoms with E-state index >= 15 is 0 Å². The molecule has 6 nitrogen and oxygen atoms in total. The van der Waals surface area contributed by atoms with Crippen LogP contribution in [0.2, 0.25) is 0 Å². The molecule has 0 radical (unpaired) electrons. The van der Waals surface area contributed by atoms with E-state index in [1.54, 1.807) is 12.1 Å². The minimum absolute atomic E-state index is 0.0673. The van der Waals surface area contributed by atoms with Crippen LogP contribution in [0.4, 0.5) is 0 Å². The lowest BCUT2D eigenvalue weighted by Crippen LogP contribution is -2.47. The third-order valence-electron chi connectivity index (χ3n) is 2.55. The third kappa shape index (κ3) is 3.53. The van der Waals surface area contributed by atoms with Crippen LogP contribution in [0.1, 0.15) is 29.9 Å². The Bertz CT molecular complexity index is 445. The summed E-state index contributed by atoms with van der Waals surface area (Å²) in [7, 11) is 0. The lowest BCUT2D eigenvalue weighted by Gasteiger charge is -2.18. The van der Waals surface area contributed by atoms with Gasteiger partial charge in [0.05, 0.1) is 5.69 Å². The number of pyridine rings is 1. The number of nitrogens with zero attached hydrogens (tertiary/aromatic N) is 1. The van der Waals surface area contributed by atoms with Crippen LogP contribution >= 0.6 is 0 Å². The van der Waals surface area contributed by atoms with Gasteiger partial charge in [0.2, 0.25) is 5.91 Å². The zero-order valence-electron chi connectivity index (χ0n) is 10.5. The molecular weight excluding hydrogens is 232 g/mol. The maximum Gasteiger partial charge on any atom is 0.252 e. The number of nitrogens with two attached hydrogens (primary N) is 2. The van der Waals surface area contributed by atoms with Crippen molar-refractivity contribution in [1.29, 1.82) is 0 Å². The van der Waals surface area contributed by atoms with Crippen molar-refractivity contribution in [3.63, 3.8) is 0 Å². The molecule has 1 unspecified atom stereocenters. The van der Waals surface area contributed by atoms with Crippen LogP contribution in [0.25, 0.3) is 0 Å². The number of carbonyl (C=O) groups excluding carboxylic acids is 2. The van der Waals surface area contributed by atoms with Gasteiger partial charge in [0.25, 0.3) is 5.91 Å². The third-order valence-corrected chi connectivity index (χ3v) is 2.55. The van der Waals surface area contributed by atoms with Crippen LogP contribution in [-0.2, 0) is 11.3 Å². The fourth-order valence-corrected chi connectivity index (χ4v) is 1.52. The zero-order chi connectivity index (χ0) is 13.7. The van der Waals surface area contributed by atoms with Gasteiger partial charge in [-0.05, 0) is 18.1 Å². The Hall–Kier alpha value is -1.95. The van der Waals surface area contributed by atoms with Gasteiger partial charge in [0, 0.05) is 18.3 Å². The lowest BCUT2D eigenvalue weighted by atomic mass is 10.0. The first kappa shape index (κ1) is 14.1. The van der Waals surface area contributed by atoms with Crippen molar-refractivity contribution in [3.8, 4) is 0 Å². The predicted octanol–water partition coefficient (Wildman–Crippen LogP) is -0.220. The first-order chi connectivity index (χ1) is 8.45. The van der Waals surface area contributed by atoms with Gasteiger partial charge in [0.15, 0.2) is 0 Å². The second-order valence-corrected chi connectivity index (χ2v) is 4.34. The average Bonchev–Trinajstić information content (AvgIpc) is 2.34. The van der Waals surface area contributed by atoms with Gasteiger partial charge in [-0.2, -0.15) is 0 Å². The van der Waals surface area contributed by atoms with Gasteiger partial charge in [-0.1, -0.05) is 13.8 Å². The van der Waals surface area contributed by atoms with Gasteiger partial charge >= 0.3 is 0 Å². The van der Waals surface area contributed by atoms with Gasteiger partial charge in [-0.25, -0.2) is 0 Å². The standard InChI is InChI=1S/C12H18N4O2/c1-7(2)10(11(14)17)16-12(18)8-3-4-15-9(5-8)6-13/h3-5,7,10H,6,13H2,1-2H3,(H2,14,17)(H,16,18). The molecule has 0 fully saturated rings. The summed E-state index contributed by atoms with van der Waals surface area (Å²) in [6, 6.07) is 2.47. The molecule has 1 aromatic heterocycles. The van der Waals surface area contributed by atoms with Crippen LogP contribution < -0.4 is 16.8 Å². The topological polar surface area (TPSA) is 111 Å². The highest BCUT2D eigenvalue weighted by molar-refractivity contribution is 5.97. The van der Waals surface area contributed by atoms with Crippen molar-refractivity contribution in [3.05, 3.63) is 29.6 Å². The summed E-state index contributed by atoms with van der Waals surface area (Å²) >= 11 is 0. The Balaban J connectivity index is 2.83. The second kappa shape index (κ2) is 6.11. The second-order valence-electron chi connectivity index (χ2n) is 4.34. The van der Waals surface area contributed by atoms with E-state index in [4.69, 9.17) is 11.5 Å². The summed E-state index contributed by atoms with van der Waals surface area (Å²) in [6.07, 6.45) is 1.51. The number of hydrogen-bond donors (Lipinski definition) is 3. The molecule has 1 rings (SSSR count). The van der Waals surface area contributed by atoms with Crippen LogP contribution in [0, 0.1) is 5.92 Å². The van der Waals surface area contributed by atoms with E-state index in [2.05, 4.69) is 10.3 Å². The highest BCUT2D eigenvalue weighted by atomic mass is 16.2. The van der Waals surface area contributed by atoms with E-state index < -0.39 is 11.9 Å². The highest BCUT2D eigenvalue weighted by Gasteiger charge is 2.22. The van der Waals surface area contributed by atoms with Crippen molar-refractivity contribution in [2.24, 2.45) is 17.4 Å². The van der Waals surface area contributed by atoms with Crippen molar-refractivity contribution >= 4 is 11.8 Å². The molecule has 0 aromatic carbocycles. The van der Waals surface area contributed by atoms with Crippen molar-refractivity contribution < 1.29 is 9.59 Å². The minimum Gasteiger partial charge on any atom is -0.368 e. The Morgan fingerprint density at radius 1 is 1.44 bits per heavy atom. The number of hydrogen-bond acceptors (Lipinski definition) is 4. The predicted molar refractivity (Wildman–Crippen MR) is 67.4 cm³/mol. The monoisotopic (exact) mass is 250 g/mol. The van der Waals surface area contributed by atoms with E-state index in [9.17, 15) is 9.59 Å². The molecule has 1 heterocycles. The molecule has 0 bridgehead atoms. The molecule has 1 atom stereocenters. The van der Waals surface area contributed by atoms with Crippen LogP contribution in [0.5, 0.6) is 0 Å². The molecule has 1 aromatic rings. The van der Waals surface area contributed by atoms with Gasteiger partial charge in [0.1, 0.15) is 6.04 Å². The summed E-state index contributed by atoms with van der Waals surface area (Å²) in [4.78, 5) is 27.1. The van der Waals surface area contributed by atoms with E-state index in [-0.39, 0.29) is 18.4 Å². The molecule has 18 heavy (non-hydrogen) atoms. The van der Waals surface area contributed by atoms with Crippen molar-refractivity contribution in [2.45, 2.75) is 26.4 Å². The van der Waals surface area contributed by atoms with Crippen LogP contribution in [-0.4, -0.2) is 22.8 Å². The van der Waals surface area contributed by atoms with Crippen molar-refractivity contribution in [1.82, 2.24) is 10.3 Å². The maximum absolute atomic E-state index is 11.9. The molecular formula is C12H18N4O2. The summed E-state index contributed by atoms with van der Waals surface area (Å²) in [6.45, 7) is 3.88. The van der Waals surface area contributed by atoms with Crippen molar-refractivity contribution in [2.75, 3.05) is 0 Å². The lowest BCUT2D eigenvalue weighted by molar-refractivity contribution is -0.120. The smallest absolute Gasteiger partial charge is 0.252 e. The Labute approximate surface area is 106 Å². The number of nitrogens with one attached hydrogen (secondary N) is 1. The quantitative estimate of drug-likeness (QED) is 0.670. The van der Waals surface area contributed by atoms with Gasteiger partial charge in [-0.3, -0.25) is 14.6 Å². The van der Waals surface area contributed by atoms with E-state index in [1.165, 1.54) is 6.20 Å².